The van der Waals surface area contributed by atoms with Gasteiger partial charge in [0.25, 0.3) is 0 Å². The first-order chi connectivity index (χ1) is 11.0. The lowest BCUT2D eigenvalue weighted by Crippen LogP contribution is -2.67. The third kappa shape index (κ3) is 3.14. The van der Waals surface area contributed by atoms with Crippen molar-refractivity contribution < 1.29 is 9.90 Å². The van der Waals surface area contributed by atoms with E-state index in [4.69, 9.17) is 5.73 Å². The van der Waals surface area contributed by atoms with Gasteiger partial charge in [-0.2, -0.15) is 0 Å². The zero-order chi connectivity index (χ0) is 16.0. The Hall–Kier alpha value is -1.26. The Balaban J connectivity index is 0.00000169. The Kier molecular flexibility index (Phi) is 4.80. The van der Waals surface area contributed by atoms with E-state index in [0.717, 1.165) is 17.4 Å². The van der Waals surface area contributed by atoms with E-state index in [9.17, 15) is 9.90 Å². The quantitative estimate of drug-likeness (QED) is 0.781. The smallest absolute Gasteiger partial charge is 0.224 e. The van der Waals surface area contributed by atoms with Gasteiger partial charge in [-0.25, -0.2) is 0 Å². The first-order valence-electron chi connectivity index (χ1n) is 8.86. The lowest BCUT2D eigenvalue weighted by Gasteiger charge is -2.59. The topological polar surface area (TPSA) is 75.3 Å². The molecule has 0 unspecified atom stereocenters. The number of phenols is 1. The predicted octanol–water partition coefficient (Wildman–Crippen LogP) is 2.63. The molecule has 5 heteroatoms. The summed E-state index contributed by atoms with van der Waals surface area (Å²) in [5.74, 6) is 3.21. The Labute approximate surface area is 149 Å². The molecule has 4 nitrogen and oxygen atoms in total. The van der Waals surface area contributed by atoms with Gasteiger partial charge in [-0.3, -0.25) is 4.79 Å². The van der Waals surface area contributed by atoms with Crippen LogP contribution in [-0.4, -0.2) is 23.1 Å². The summed E-state index contributed by atoms with van der Waals surface area (Å²) in [7, 11) is 0. The molecular weight excluding hydrogens is 324 g/mol. The fraction of sp³-hybridized carbons (Fsp3) is 0.632. The first kappa shape index (κ1) is 17.6. The zero-order valence-corrected chi connectivity index (χ0v) is 14.7. The van der Waals surface area contributed by atoms with Crippen LogP contribution in [0.2, 0.25) is 0 Å². The van der Waals surface area contributed by atoms with Crippen molar-refractivity contribution in [3.05, 3.63) is 29.8 Å². The summed E-state index contributed by atoms with van der Waals surface area (Å²) in [6, 6.07) is 6.81. The van der Waals surface area contributed by atoms with E-state index in [-0.39, 0.29) is 29.6 Å². The number of hydrogen-bond donors (Lipinski definition) is 3. The molecule has 1 aromatic carbocycles. The van der Waals surface area contributed by atoms with E-state index in [1.807, 2.05) is 0 Å². The normalized spacial score (nSPS) is 36.2. The van der Waals surface area contributed by atoms with Crippen LogP contribution in [0.4, 0.5) is 0 Å². The van der Waals surface area contributed by atoms with Crippen LogP contribution in [0.1, 0.15) is 37.7 Å². The van der Waals surface area contributed by atoms with Crippen molar-refractivity contribution in [2.45, 2.75) is 44.1 Å². The van der Waals surface area contributed by atoms with Crippen molar-refractivity contribution in [1.82, 2.24) is 5.32 Å². The standard InChI is InChI=1S/C19H26N2O2.ClH/c20-19(15-6-13-5-14(8-15)9-16(19)7-13)11-21-18(23)10-12-1-3-17(22)4-2-12;/h1-4,13-16,22H,5-11,20H2,(H,21,23);1H. The first-order valence-corrected chi connectivity index (χ1v) is 8.86. The number of carbonyl (C=O) groups excluding carboxylic acids is 1. The number of rotatable bonds is 4. The maximum atomic E-state index is 12.2. The number of carbonyl (C=O) groups is 1. The molecule has 0 radical (unpaired) electrons. The molecule has 0 saturated heterocycles. The van der Waals surface area contributed by atoms with Crippen molar-refractivity contribution in [3.63, 3.8) is 0 Å². The van der Waals surface area contributed by atoms with Gasteiger partial charge in [0.05, 0.1) is 6.42 Å². The Morgan fingerprint density at radius 2 is 1.62 bits per heavy atom. The second-order valence-corrected chi connectivity index (χ2v) is 8.04. The van der Waals surface area contributed by atoms with Crippen LogP contribution >= 0.6 is 12.4 Å². The maximum absolute atomic E-state index is 12.2. The highest BCUT2D eigenvalue weighted by Crippen LogP contribution is 2.57. The number of phenolic OH excluding ortho intramolecular Hbond substituents is 1. The number of hydrogen-bond acceptors (Lipinski definition) is 3. The lowest BCUT2D eigenvalue weighted by molar-refractivity contribution is -0.122. The third-order valence-electron chi connectivity index (χ3n) is 6.55. The highest BCUT2D eigenvalue weighted by molar-refractivity contribution is 5.85. The number of halogens is 1. The summed E-state index contributed by atoms with van der Waals surface area (Å²) in [5.41, 5.74) is 7.52. The van der Waals surface area contributed by atoms with Crippen LogP contribution < -0.4 is 11.1 Å². The van der Waals surface area contributed by atoms with E-state index >= 15 is 0 Å². The second kappa shape index (κ2) is 6.57. The van der Waals surface area contributed by atoms with Crippen molar-refractivity contribution >= 4 is 18.3 Å². The lowest BCUT2D eigenvalue weighted by atomic mass is 9.49. The molecular formula is C19H27ClN2O2. The van der Waals surface area contributed by atoms with Gasteiger partial charge >= 0.3 is 0 Å². The van der Waals surface area contributed by atoms with Crippen molar-refractivity contribution in [1.29, 1.82) is 0 Å². The minimum Gasteiger partial charge on any atom is -0.508 e. The predicted molar refractivity (Wildman–Crippen MR) is 96.0 cm³/mol. The number of amides is 1. The average Bonchev–Trinajstić information content (AvgIpc) is 2.52. The minimum absolute atomic E-state index is 0. The summed E-state index contributed by atoms with van der Waals surface area (Å²) in [5, 5.41) is 12.4. The number of nitrogens with two attached hydrogens (primary N) is 1. The molecule has 4 aliphatic carbocycles. The largest absolute Gasteiger partial charge is 0.508 e. The summed E-state index contributed by atoms with van der Waals surface area (Å²) < 4.78 is 0. The number of aromatic hydroxyl groups is 1. The molecule has 0 heterocycles. The van der Waals surface area contributed by atoms with Gasteiger partial charge in [-0.05, 0) is 73.5 Å². The third-order valence-corrected chi connectivity index (χ3v) is 6.55. The molecule has 4 N–H and O–H groups in total. The molecule has 4 saturated carbocycles. The van der Waals surface area contributed by atoms with Crippen LogP contribution in [0.5, 0.6) is 5.75 Å². The second-order valence-electron chi connectivity index (χ2n) is 8.04. The Bertz CT molecular complexity index is 574. The molecule has 0 atom stereocenters. The van der Waals surface area contributed by atoms with E-state index in [1.165, 1.54) is 32.1 Å². The van der Waals surface area contributed by atoms with E-state index < -0.39 is 0 Å². The molecule has 0 aromatic heterocycles. The molecule has 24 heavy (non-hydrogen) atoms. The highest BCUT2D eigenvalue weighted by atomic mass is 35.5. The van der Waals surface area contributed by atoms with Gasteiger partial charge in [0.15, 0.2) is 0 Å². The highest BCUT2D eigenvalue weighted by Gasteiger charge is 2.55. The molecule has 1 aromatic rings. The van der Waals surface area contributed by atoms with Gasteiger partial charge in [0.1, 0.15) is 5.75 Å². The van der Waals surface area contributed by atoms with Gasteiger partial charge in [-0.1, -0.05) is 12.1 Å². The molecule has 0 spiro atoms. The van der Waals surface area contributed by atoms with Crippen LogP contribution in [0.25, 0.3) is 0 Å². The fourth-order valence-electron chi connectivity index (χ4n) is 5.46. The number of benzene rings is 1. The van der Waals surface area contributed by atoms with Gasteiger partial charge in [0.2, 0.25) is 5.91 Å². The molecule has 4 fully saturated rings. The van der Waals surface area contributed by atoms with E-state index in [1.54, 1.807) is 24.3 Å². The van der Waals surface area contributed by atoms with Gasteiger partial charge in [-0.15, -0.1) is 12.4 Å². The van der Waals surface area contributed by atoms with Crippen molar-refractivity contribution in [2.24, 2.45) is 29.4 Å². The van der Waals surface area contributed by atoms with Crippen LogP contribution in [-0.2, 0) is 11.2 Å². The van der Waals surface area contributed by atoms with Gasteiger partial charge in [0, 0.05) is 12.1 Å². The summed E-state index contributed by atoms with van der Waals surface area (Å²) in [6.45, 7) is 0.610. The Morgan fingerprint density at radius 3 is 2.17 bits per heavy atom. The SMILES string of the molecule is Cl.NC1(CNC(=O)Cc2ccc(O)cc2)C2CC3CC(C2)CC1C3. The number of nitrogens with one attached hydrogen (secondary N) is 1. The molecule has 1 amide bonds. The van der Waals surface area contributed by atoms with Crippen LogP contribution in [0.15, 0.2) is 24.3 Å². The monoisotopic (exact) mass is 350 g/mol. The molecule has 4 aliphatic rings. The van der Waals surface area contributed by atoms with Crippen molar-refractivity contribution in [2.75, 3.05) is 6.54 Å². The maximum Gasteiger partial charge on any atom is 0.224 e. The molecule has 5 rings (SSSR count). The molecule has 4 bridgehead atoms. The fourth-order valence-corrected chi connectivity index (χ4v) is 5.46. The summed E-state index contributed by atoms with van der Waals surface area (Å²) in [4.78, 5) is 12.2. The minimum atomic E-state index is -0.196. The van der Waals surface area contributed by atoms with Crippen LogP contribution in [0.3, 0.4) is 0 Å². The summed E-state index contributed by atoms with van der Waals surface area (Å²) >= 11 is 0. The van der Waals surface area contributed by atoms with E-state index in [2.05, 4.69) is 5.32 Å². The van der Waals surface area contributed by atoms with Crippen LogP contribution in [0, 0.1) is 23.7 Å². The molecule has 0 aliphatic heterocycles. The van der Waals surface area contributed by atoms with E-state index in [0.29, 0.717) is 24.8 Å². The zero-order valence-electron chi connectivity index (χ0n) is 13.9. The molecule has 132 valence electrons. The summed E-state index contributed by atoms with van der Waals surface area (Å²) in [6.07, 6.45) is 6.80. The van der Waals surface area contributed by atoms with Gasteiger partial charge < -0.3 is 16.2 Å². The average molecular weight is 351 g/mol. The van der Waals surface area contributed by atoms with Crippen molar-refractivity contribution in [3.8, 4) is 5.75 Å². The Morgan fingerprint density at radius 1 is 1.08 bits per heavy atom.